The fourth-order valence-corrected chi connectivity index (χ4v) is 3.00. The molecule has 2 N–H and O–H groups in total. The number of ether oxygens (including phenoxy) is 1. The Hall–Kier alpha value is -2.69. The summed E-state index contributed by atoms with van der Waals surface area (Å²) in [6.07, 6.45) is -0.230. The van der Waals surface area contributed by atoms with E-state index in [1.54, 1.807) is 43.4 Å². The summed E-state index contributed by atoms with van der Waals surface area (Å²) in [4.78, 5) is 30.0. The molecule has 0 radical (unpaired) electrons. The number of benzene rings is 2. The monoisotopic (exact) mass is 526 g/mol. The molecule has 30 heavy (non-hydrogen) atoms. The number of hydrogen-bond donors (Lipinski definition) is 2. The topological polar surface area (TPSA) is 83.0 Å². The van der Waals surface area contributed by atoms with Crippen molar-refractivity contribution < 1.29 is 18.7 Å². The van der Waals surface area contributed by atoms with Crippen molar-refractivity contribution in [3.05, 3.63) is 65.5 Å². The molecule has 0 spiro atoms. The highest BCUT2D eigenvalue weighted by atomic mass is 127. The molecule has 2 amide bonds. The van der Waals surface area contributed by atoms with Crippen molar-refractivity contribution in [1.29, 1.82) is 0 Å². The number of carbonyl (C=O) groups excluding carboxylic acids is 2. The quantitative estimate of drug-likeness (QED) is 0.251. The van der Waals surface area contributed by atoms with Gasteiger partial charge in [0.1, 0.15) is 17.7 Å². The van der Waals surface area contributed by atoms with Crippen LogP contribution in [0.4, 0.5) is 4.39 Å². The van der Waals surface area contributed by atoms with Crippen molar-refractivity contribution in [2.75, 3.05) is 26.7 Å². The molecule has 0 aromatic heterocycles. The Labute approximate surface area is 191 Å². The zero-order valence-corrected chi connectivity index (χ0v) is 19.1. The summed E-state index contributed by atoms with van der Waals surface area (Å²) < 4.78 is 18.9. The van der Waals surface area contributed by atoms with E-state index < -0.39 is 0 Å². The number of hydrogen-bond acceptors (Lipinski definition) is 4. The number of imide groups is 1. The number of nitrogens with zero attached hydrogens (tertiary/aromatic N) is 2. The van der Waals surface area contributed by atoms with Crippen LogP contribution in [-0.4, -0.2) is 55.5 Å². The number of nitrogens with one attached hydrogen (secondary N) is 2. The average molecular weight is 526 g/mol. The SMILES string of the molecule is CN=C(NCCN1C(=O)c2ccccc2C1=O)NCC(C)Oc1cccc(F)c1.I. The number of fused-ring (bicyclic) bond motifs is 1. The van der Waals surface area contributed by atoms with Crippen LogP contribution in [0.5, 0.6) is 5.75 Å². The van der Waals surface area contributed by atoms with E-state index in [2.05, 4.69) is 15.6 Å². The average Bonchev–Trinajstić information content (AvgIpc) is 2.95. The minimum absolute atomic E-state index is 0. The molecular weight excluding hydrogens is 502 g/mol. The van der Waals surface area contributed by atoms with Crippen LogP contribution < -0.4 is 15.4 Å². The van der Waals surface area contributed by atoms with E-state index in [9.17, 15) is 14.0 Å². The van der Waals surface area contributed by atoms with Crippen molar-refractivity contribution in [2.24, 2.45) is 4.99 Å². The van der Waals surface area contributed by atoms with E-state index in [-0.39, 0.29) is 54.3 Å². The summed E-state index contributed by atoms with van der Waals surface area (Å²) in [5.41, 5.74) is 0.867. The standard InChI is InChI=1S/C21H23FN4O3.HI/c1-14(29-16-7-5-6-15(22)12-16)13-25-21(23-2)24-10-11-26-19(27)17-8-3-4-9-18(17)20(26)28;/h3-9,12,14H,10-11,13H2,1-2H3,(H2,23,24,25);1H. The molecule has 0 saturated heterocycles. The molecule has 2 aromatic rings. The van der Waals surface area contributed by atoms with Crippen LogP contribution in [-0.2, 0) is 0 Å². The molecule has 1 atom stereocenters. The van der Waals surface area contributed by atoms with E-state index in [0.717, 1.165) is 0 Å². The minimum Gasteiger partial charge on any atom is -0.489 e. The Balaban J connectivity index is 0.00000320. The largest absolute Gasteiger partial charge is 0.489 e. The van der Waals surface area contributed by atoms with Gasteiger partial charge in [-0.1, -0.05) is 18.2 Å². The van der Waals surface area contributed by atoms with Gasteiger partial charge in [-0.3, -0.25) is 19.5 Å². The van der Waals surface area contributed by atoms with Gasteiger partial charge in [-0.2, -0.15) is 0 Å². The van der Waals surface area contributed by atoms with Gasteiger partial charge in [0.05, 0.1) is 17.7 Å². The van der Waals surface area contributed by atoms with E-state index in [1.165, 1.54) is 17.0 Å². The lowest BCUT2D eigenvalue weighted by Gasteiger charge is -2.19. The maximum atomic E-state index is 13.2. The number of aliphatic imine (C=N–C) groups is 1. The second kappa shape index (κ2) is 10.9. The molecule has 1 heterocycles. The number of halogens is 2. The van der Waals surface area contributed by atoms with Gasteiger partial charge < -0.3 is 15.4 Å². The van der Waals surface area contributed by atoms with Gasteiger partial charge in [0, 0.05) is 26.2 Å². The summed E-state index contributed by atoms with van der Waals surface area (Å²) >= 11 is 0. The van der Waals surface area contributed by atoms with Crippen LogP contribution in [0.25, 0.3) is 0 Å². The molecule has 7 nitrogen and oxygen atoms in total. The predicted octanol–water partition coefficient (Wildman–Crippen LogP) is 2.67. The molecule has 1 aliphatic rings. The molecule has 160 valence electrons. The Kier molecular flexibility index (Phi) is 8.58. The second-order valence-electron chi connectivity index (χ2n) is 6.57. The summed E-state index contributed by atoms with van der Waals surface area (Å²) in [6.45, 7) is 2.86. The van der Waals surface area contributed by atoms with Crippen molar-refractivity contribution in [1.82, 2.24) is 15.5 Å². The normalized spacial score (nSPS) is 14.1. The molecular formula is C21H24FIN4O3. The van der Waals surface area contributed by atoms with Crippen molar-refractivity contribution >= 4 is 41.8 Å². The highest BCUT2D eigenvalue weighted by Crippen LogP contribution is 2.21. The summed E-state index contributed by atoms with van der Waals surface area (Å²) in [6, 6.07) is 12.8. The Morgan fingerprint density at radius 1 is 1.10 bits per heavy atom. The maximum absolute atomic E-state index is 13.2. The van der Waals surface area contributed by atoms with Crippen LogP contribution in [0.15, 0.2) is 53.5 Å². The van der Waals surface area contributed by atoms with Crippen LogP contribution in [0.2, 0.25) is 0 Å². The van der Waals surface area contributed by atoms with Gasteiger partial charge in [-0.15, -0.1) is 24.0 Å². The summed E-state index contributed by atoms with van der Waals surface area (Å²) in [5.74, 6) is 0.0392. The summed E-state index contributed by atoms with van der Waals surface area (Å²) in [5, 5.41) is 6.17. The maximum Gasteiger partial charge on any atom is 0.261 e. The molecule has 0 aliphatic carbocycles. The first kappa shape index (κ1) is 23.6. The number of amides is 2. The van der Waals surface area contributed by atoms with Crippen molar-refractivity contribution in [2.45, 2.75) is 13.0 Å². The summed E-state index contributed by atoms with van der Waals surface area (Å²) in [7, 11) is 1.62. The lowest BCUT2D eigenvalue weighted by Crippen LogP contribution is -2.45. The first-order valence-electron chi connectivity index (χ1n) is 9.31. The van der Waals surface area contributed by atoms with Gasteiger partial charge in [-0.25, -0.2) is 4.39 Å². The fourth-order valence-electron chi connectivity index (χ4n) is 3.00. The van der Waals surface area contributed by atoms with Gasteiger partial charge in [0.15, 0.2) is 5.96 Å². The van der Waals surface area contributed by atoms with Crippen LogP contribution in [0.3, 0.4) is 0 Å². The molecule has 9 heteroatoms. The minimum atomic E-state index is -0.353. The van der Waals surface area contributed by atoms with E-state index >= 15 is 0 Å². The first-order chi connectivity index (χ1) is 14.0. The number of guanidine groups is 1. The van der Waals surface area contributed by atoms with E-state index in [4.69, 9.17) is 4.74 Å². The molecule has 0 saturated carbocycles. The van der Waals surface area contributed by atoms with Gasteiger partial charge in [-0.05, 0) is 31.2 Å². The molecule has 3 rings (SSSR count). The third kappa shape index (κ3) is 5.68. The van der Waals surface area contributed by atoms with Crippen molar-refractivity contribution in [3.8, 4) is 5.75 Å². The zero-order valence-electron chi connectivity index (χ0n) is 16.7. The highest BCUT2D eigenvalue weighted by Gasteiger charge is 2.34. The Morgan fingerprint density at radius 3 is 2.37 bits per heavy atom. The Morgan fingerprint density at radius 2 is 1.77 bits per heavy atom. The van der Waals surface area contributed by atoms with Crippen LogP contribution in [0, 0.1) is 5.82 Å². The molecule has 0 bridgehead atoms. The molecule has 0 fully saturated rings. The lowest BCUT2D eigenvalue weighted by atomic mass is 10.1. The molecule has 2 aromatic carbocycles. The molecule has 1 aliphatic heterocycles. The van der Waals surface area contributed by atoms with Gasteiger partial charge in [0.2, 0.25) is 0 Å². The van der Waals surface area contributed by atoms with Gasteiger partial charge >= 0.3 is 0 Å². The second-order valence-corrected chi connectivity index (χ2v) is 6.57. The Bertz CT molecular complexity index is 903. The van der Waals surface area contributed by atoms with Crippen LogP contribution >= 0.6 is 24.0 Å². The van der Waals surface area contributed by atoms with E-state index in [0.29, 0.717) is 35.9 Å². The number of rotatable bonds is 7. The predicted molar refractivity (Wildman–Crippen MR) is 123 cm³/mol. The van der Waals surface area contributed by atoms with E-state index in [1.807, 2.05) is 6.92 Å². The third-order valence-electron chi connectivity index (χ3n) is 4.42. The third-order valence-corrected chi connectivity index (χ3v) is 4.42. The van der Waals surface area contributed by atoms with Crippen LogP contribution in [0.1, 0.15) is 27.6 Å². The molecule has 1 unspecified atom stereocenters. The highest BCUT2D eigenvalue weighted by molar-refractivity contribution is 14.0. The number of carbonyl (C=O) groups is 2. The fraction of sp³-hybridized carbons (Fsp3) is 0.286. The first-order valence-corrected chi connectivity index (χ1v) is 9.31. The van der Waals surface area contributed by atoms with Gasteiger partial charge in [0.25, 0.3) is 11.8 Å². The van der Waals surface area contributed by atoms with Crippen molar-refractivity contribution in [3.63, 3.8) is 0 Å². The smallest absolute Gasteiger partial charge is 0.261 e. The zero-order chi connectivity index (χ0) is 20.8. The lowest BCUT2D eigenvalue weighted by molar-refractivity contribution is 0.0657.